The molecule has 0 amide bonds. The van der Waals surface area contributed by atoms with Gasteiger partial charge in [-0.05, 0) is 17.7 Å². The van der Waals surface area contributed by atoms with Crippen LogP contribution < -0.4 is 0 Å². The van der Waals surface area contributed by atoms with E-state index in [1.165, 1.54) is 5.56 Å². The maximum Gasteiger partial charge on any atom is 0.0646 e. The third kappa shape index (κ3) is 3.20. The van der Waals surface area contributed by atoms with Crippen molar-refractivity contribution in [3.63, 3.8) is 0 Å². The van der Waals surface area contributed by atoms with Gasteiger partial charge >= 0.3 is 0 Å². The summed E-state index contributed by atoms with van der Waals surface area (Å²) >= 11 is 3.38. The molecule has 2 heteroatoms. The molecule has 0 saturated carbocycles. The molecule has 0 aliphatic rings. The van der Waals surface area contributed by atoms with E-state index in [4.69, 9.17) is 4.74 Å². The fraction of sp³-hybridized carbons (Fsp3) is 0.200. The van der Waals surface area contributed by atoms with Gasteiger partial charge in [0.25, 0.3) is 0 Å². The Bertz CT molecular complexity index is 251. The van der Waals surface area contributed by atoms with E-state index >= 15 is 0 Å². The molecular weight excluding hydrogens is 216 g/mol. The van der Waals surface area contributed by atoms with Gasteiger partial charge in [-0.2, -0.15) is 0 Å². The summed E-state index contributed by atoms with van der Waals surface area (Å²) in [4.78, 5) is 0. The summed E-state index contributed by atoms with van der Waals surface area (Å²) in [5, 5.41) is 0. The molecule has 0 aliphatic heterocycles. The molecule has 0 spiro atoms. The van der Waals surface area contributed by atoms with Crippen molar-refractivity contribution in [2.24, 2.45) is 0 Å². The van der Waals surface area contributed by atoms with Gasteiger partial charge in [0.1, 0.15) is 0 Å². The van der Waals surface area contributed by atoms with Gasteiger partial charge in [0.15, 0.2) is 0 Å². The minimum absolute atomic E-state index is 0.663. The van der Waals surface area contributed by atoms with Crippen molar-refractivity contribution in [2.45, 2.75) is 0 Å². The zero-order valence-corrected chi connectivity index (χ0v) is 8.54. The van der Waals surface area contributed by atoms with Crippen LogP contribution in [0.1, 0.15) is 5.56 Å². The molecule has 0 saturated heterocycles. The summed E-state index contributed by atoms with van der Waals surface area (Å²) < 4.78 is 5.99. The van der Waals surface area contributed by atoms with Gasteiger partial charge in [0.2, 0.25) is 0 Å². The van der Waals surface area contributed by atoms with Gasteiger partial charge in [-0.15, -0.1) is 0 Å². The third-order valence-electron chi connectivity index (χ3n) is 1.44. The minimum atomic E-state index is 0.663. The van der Waals surface area contributed by atoms with Crippen molar-refractivity contribution < 1.29 is 4.74 Å². The Hall–Kier alpha value is -0.600. The van der Waals surface area contributed by atoms with Crippen LogP contribution in [0.4, 0.5) is 0 Å². The number of methoxy groups -OCH3 is 1. The average molecular weight is 227 g/mol. The lowest BCUT2D eigenvalue weighted by Gasteiger charge is -1.93. The summed E-state index contributed by atoms with van der Waals surface area (Å²) in [6.07, 6.45) is 4.03. The van der Waals surface area contributed by atoms with Gasteiger partial charge in [0.05, 0.1) is 6.61 Å². The van der Waals surface area contributed by atoms with E-state index < -0.39 is 0 Å². The molecule has 0 aromatic heterocycles. The Kier molecular flexibility index (Phi) is 4.05. The highest BCUT2D eigenvalue weighted by atomic mass is 79.9. The second-order valence-electron chi connectivity index (χ2n) is 2.41. The van der Waals surface area contributed by atoms with Crippen LogP contribution in [0, 0.1) is 0 Å². The van der Waals surface area contributed by atoms with E-state index in [-0.39, 0.29) is 0 Å². The first-order chi connectivity index (χ1) is 5.83. The molecule has 0 fully saturated rings. The predicted octanol–water partition coefficient (Wildman–Crippen LogP) is 3.11. The summed E-state index contributed by atoms with van der Waals surface area (Å²) in [5.74, 6) is 0. The van der Waals surface area contributed by atoms with Crippen molar-refractivity contribution in [3.8, 4) is 0 Å². The zero-order valence-electron chi connectivity index (χ0n) is 6.96. The summed E-state index contributed by atoms with van der Waals surface area (Å²) in [7, 11) is 1.69. The quantitative estimate of drug-likeness (QED) is 0.770. The fourth-order valence-electron chi connectivity index (χ4n) is 0.854. The van der Waals surface area contributed by atoms with Gasteiger partial charge in [0, 0.05) is 11.6 Å². The normalized spacial score (nSPS) is 10.8. The minimum Gasteiger partial charge on any atom is -0.381 e. The van der Waals surface area contributed by atoms with Crippen LogP contribution in [-0.4, -0.2) is 13.7 Å². The third-order valence-corrected chi connectivity index (χ3v) is 1.97. The summed E-state index contributed by atoms with van der Waals surface area (Å²) in [6.45, 7) is 0.663. The van der Waals surface area contributed by atoms with Gasteiger partial charge in [-0.1, -0.05) is 40.2 Å². The second kappa shape index (κ2) is 5.12. The Labute approximate surface area is 81.2 Å². The van der Waals surface area contributed by atoms with Crippen LogP contribution in [-0.2, 0) is 4.74 Å². The van der Waals surface area contributed by atoms with Crippen molar-refractivity contribution in [1.82, 2.24) is 0 Å². The molecule has 0 N–H and O–H groups in total. The number of ether oxygens (including phenoxy) is 1. The summed E-state index contributed by atoms with van der Waals surface area (Å²) in [6, 6.07) is 8.14. The van der Waals surface area contributed by atoms with Crippen molar-refractivity contribution in [2.75, 3.05) is 13.7 Å². The Morgan fingerprint density at radius 1 is 1.33 bits per heavy atom. The molecule has 1 aromatic carbocycles. The molecule has 64 valence electrons. The highest BCUT2D eigenvalue weighted by molar-refractivity contribution is 9.10. The van der Waals surface area contributed by atoms with Crippen molar-refractivity contribution in [1.29, 1.82) is 0 Å². The number of benzene rings is 1. The van der Waals surface area contributed by atoms with Crippen molar-refractivity contribution >= 4 is 22.0 Å². The molecule has 0 bridgehead atoms. The number of hydrogen-bond acceptors (Lipinski definition) is 1. The highest BCUT2D eigenvalue weighted by Gasteiger charge is 1.85. The highest BCUT2D eigenvalue weighted by Crippen LogP contribution is 2.11. The van der Waals surface area contributed by atoms with Crippen molar-refractivity contribution in [3.05, 3.63) is 40.4 Å². The number of halogens is 1. The van der Waals surface area contributed by atoms with Gasteiger partial charge < -0.3 is 4.74 Å². The van der Waals surface area contributed by atoms with Crippen LogP contribution in [0.5, 0.6) is 0 Å². The molecule has 0 aliphatic carbocycles. The Balaban J connectivity index is 2.58. The lowest BCUT2D eigenvalue weighted by atomic mass is 10.2. The topological polar surface area (TPSA) is 9.23 Å². The van der Waals surface area contributed by atoms with Crippen LogP contribution in [0.3, 0.4) is 0 Å². The Morgan fingerprint density at radius 2 is 2.00 bits per heavy atom. The molecule has 0 heterocycles. The lowest BCUT2D eigenvalue weighted by Crippen LogP contribution is -1.80. The number of hydrogen-bond donors (Lipinski definition) is 0. The summed E-state index contributed by atoms with van der Waals surface area (Å²) in [5.41, 5.74) is 1.19. The van der Waals surface area contributed by atoms with Crippen LogP contribution >= 0.6 is 15.9 Å². The van der Waals surface area contributed by atoms with Crippen LogP contribution in [0.25, 0.3) is 6.08 Å². The second-order valence-corrected chi connectivity index (χ2v) is 3.32. The average Bonchev–Trinajstić information content (AvgIpc) is 2.09. The molecule has 0 atom stereocenters. The molecule has 1 rings (SSSR count). The first-order valence-corrected chi connectivity index (χ1v) is 4.53. The number of rotatable bonds is 3. The van der Waals surface area contributed by atoms with E-state index in [9.17, 15) is 0 Å². The van der Waals surface area contributed by atoms with E-state index in [1.807, 2.05) is 24.3 Å². The SMILES string of the molecule is COC/C=C/c1ccc(Br)cc1. The first-order valence-electron chi connectivity index (χ1n) is 3.74. The van der Waals surface area contributed by atoms with Gasteiger partial charge in [-0.25, -0.2) is 0 Å². The molecule has 12 heavy (non-hydrogen) atoms. The van der Waals surface area contributed by atoms with Crippen LogP contribution in [0.2, 0.25) is 0 Å². The smallest absolute Gasteiger partial charge is 0.0646 e. The largest absolute Gasteiger partial charge is 0.381 e. The Morgan fingerprint density at radius 3 is 2.58 bits per heavy atom. The molecule has 1 nitrogen and oxygen atoms in total. The van der Waals surface area contributed by atoms with Gasteiger partial charge in [-0.3, -0.25) is 0 Å². The fourth-order valence-corrected chi connectivity index (χ4v) is 1.12. The predicted molar refractivity (Wildman–Crippen MR) is 55.1 cm³/mol. The lowest BCUT2D eigenvalue weighted by molar-refractivity contribution is 0.234. The molecular formula is C10H11BrO. The first kappa shape index (κ1) is 9.49. The molecule has 0 radical (unpaired) electrons. The zero-order chi connectivity index (χ0) is 8.81. The molecule has 1 aromatic rings. The monoisotopic (exact) mass is 226 g/mol. The van der Waals surface area contributed by atoms with E-state index in [2.05, 4.69) is 28.1 Å². The molecule has 0 unspecified atom stereocenters. The van der Waals surface area contributed by atoms with Crippen LogP contribution in [0.15, 0.2) is 34.8 Å². The van der Waals surface area contributed by atoms with E-state index in [0.717, 1.165) is 4.47 Å². The standard InChI is InChI=1S/C10H11BrO/c1-12-8-2-3-9-4-6-10(11)7-5-9/h2-7H,8H2,1H3/b3-2+. The maximum absolute atomic E-state index is 4.89. The van der Waals surface area contributed by atoms with E-state index in [0.29, 0.717) is 6.61 Å². The van der Waals surface area contributed by atoms with E-state index in [1.54, 1.807) is 7.11 Å². The maximum atomic E-state index is 4.89.